The standard InChI is InChI=1S/C10H10BrN3O3/c1-17-10(16)7(11)6-13-4-5-14-8(9(13)15)2-3-12-14/h2-5,7H,6H2,1H3. The molecule has 17 heavy (non-hydrogen) atoms. The van der Waals surface area contributed by atoms with Gasteiger partial charge in [0, 0.05) is 18.9 Å². The van der Waals surface area contributed by atoms with Crippen molar-refractivity contribution in [3.63, 3.8) is 0 Å². The predicted molar refractivity (Wildman–Crippen MR) is 64.2 cm³/mol. The van der Waals surface area contributed by atoms with E-state index in [1.165, 1.54) is 16.2 Å². The van der Waals surface area contributed by atoms with Gasteiger partial charge < -0.3 is 9.30 Å². The van der Waals surface area contributed by atoms with Gasteiger partial charge in [0.05, 0.1) is 13.3 Å². The van der Waals surface area contributed by atoms with Gasteiger partial charge in [-0.1, -0.05) is 15.9 Å². The molecule has 0 aliphatic carbocycles. The van der Waals surface area contributed by atoms with Gasteiger partial charge in [0.25, 0.3) is 5.56 Å². The summed E-state index contributed by atoms with van der Waals surface area (Å²) in [6.45, 7) is 0.215. The quantitative estimate of drug-likeness (QED) is 0.609. The average Bonchev–Trinajstić information content (AvgIpc) is 2.80. The number of hydrogen-bond donors (Lipinski definition) is 0. The fourth-order valence-corrected chi connectivity index (χ4v) is 1.98. The first-order valence-electron chi connectivity index (χ1n) is 4.88. The van der Waals surface area contributed by atoms with Crippen molar-refractivity contribution in [3.8, 4) is 0 Å². The average molecular weight is 300 g/mol. The number of carbonyl (C=O) groups is 1. The van der Waals surface area contributed by atoms with Crippen molar-refractivity contribution in [2.24, 2.45) is 0 Å². The highest BCUT2D eigenvalue weighted by Crippen LogP contribution is 2.05. The maximum absolute atomic E-state index is 12.0. The number of carbonyl (C=O) groups excluding carboxylic acids is 1. The smallest absolute Gasteiger partial charge is 0.321 e. The highest BCUT2D eigenvalue weighted by molar-refractivity contribution is 9.10. The molecule has 0 radical (unpaired) electrons. The lowest BCUT2D eigenvalue weighted by atomic mass is 10.4. The van der Waals surface area contributed by atoms with E-state index >= 15 is 0 Å². The normalized spacial score (nSPS) is 12.6. The molecule has 0 aliphatic heterocycles. The summed E-state index contributed by atoms with van der Waals surface area (Å²) in [5.74, 6) is -0.412. The Labute approximate surface area is 105 Å². The van der Waals surface area contributed by atoms with Gasteiger partial charge in [-0.3, -0.25) is 9.59 Å². The lowest BCUT2D eigenvalue weighted by Crippen LogP contribution is -2.29. The molecule has 1 unspecified atom stereocenters. The van der Waals surface area contributed by atoms with Crippen molar-refractivity contribution in [1.29, 1.82) is 0 Å². The Morgan fingerprint density at radius 2 is 2.35 bits per heavy atom. The van der Waals surface area contributed by atoms with Gasteiger partial charge in [0.1, 0.15) is 10.3 Å². The van der Waals surface area contributed by atoms with E-state index < -0.39 is 10.8 Å². The summed E-state index contributed by atoms with van der Waals surface area (Å²) >= 11 is 3.17. The van der Waals surface area contributed by atoms with Gasteiger partial charge in [-0.2, -0.15) is 5.10 Å². The van der Waals surface area contributed by atoms with Gasteiger partial charge in [-0.25, -0.2) is 4.52 Å². The number of ether oxygens (including phenoxy) is 1. The third-order valence-corrected chi connectivity index (χ3v) is 3.02. The molecule has 2 heterocycles. The molecule has 1 atom stereocenters. The van der Waals surface area contributed by atoms with Gasteiger partial charge in [-0.15, -0.1) is 0 Å². The first kappa shape index (κ1) is 11.8. The molecule has 2 aromatic rings. The fourth-order valence-electron chi connectivity index (χ4n) is 1.48. The third kappa shape index (κ3) is 2.23. The number of nitrogens with zero attached hydrogens (tertiary/aromatic N) is 3. The molecule has 0 fully saturated rings. The van der Waals surface area contributed by atoms with Crippen LogP contribution in [-0.2, 0) is 16.1 Å². The number of alkyl halides is 1. The summed E-state index contributed by atoms with van der Waals surface area (Å²) in [6.07, 6.45) is 4.79. The van der Waals surface area contributed by atoms with Gasteiger partial charge in [0.15, 0.2) is 0 Å². The molecule has 7 heteroatoms. The van der Waals surface area contributed by atoms with E-state index in [4.69, 9.17) is 0 Å². The predicted octanol–water partition coefficient (Wildman–Crippen LogP) is 0.432. The number of fused-ring (bicyclic) bond motifs is 1. The summed E-state index contributed by atoms with van der Waals surface area (Å²) in [5.41, 5.74) is 0.274. The lowest BCUT2D eigenvalue weighted by Gasteiger charge is -2.09. The Hall–Kier alpha value is -1.63. The molecule has 2 rings (SSSR count). The molecule has 0 bridgehead atoms. The molecule has 0 saturated heterocycles. The topological polar surface area (TPSA) is 65.6 Å². The van der Waals surface area contributed by atoms with Crippen LogP contribution < -0.4 is 5.56 Å². The molecule has 0 N–H and O–H groups in total. The van der Waals surface area contributed by atoms with Crippen LogP contribution in [0.3, 0.4) is 0 Å². The molecule has 6 nitrogen and oxygen atoms in total. The van der Waals surface area contributed by atoms with E-state index in [1.807, 2.05) is 0 Å². The van der Waals surface area contributed by atoms with E-state index in [2.05, 4.69) is 25.8 Å². The summed E-state index contributed by atoms with van der Waals surface area (Å²) in [4.78, 5) is 22.7. The second kappa shape index (κ2) is 4.70. The minimum Gasteiger partial charge on any atom is -0.468 e. The summed E-state index contributed by atoms with van der Waals surface area (Å²) < 4.78 is 7.50. The molecule has 0 aromatic carbocycles. The van der Waals surface area contributed by atoms with Crippen molar-refractivity contribution in [3.05, 3.63) is 35.0 Å². The SMILES string of the molecule is COC(=O)C(Br)Cn1ccn2nccc2c1=O. The summed E-state index contributed by atoms with van der Waals surface area (Å²) in [5, 5.41) is 3.95. The monoisotopic (exact) mass is 299 g/mol. The third-order valence-electron chi connectivity index (χ3n) is 2.35. The second-order valence-electron chi connectivity index (χ2n) is 3.41. The van der Waals surface area contributed by atoms with E-state index in [1.54, 1.807) is 24.7 Å². The maximum Gasteiger partial charge on any atom is 0.321 e. The number of aromatic nitrogens is 3. The summed E-state index contributed by atoms with van der Waals surface area (Å²) in [6, 6.07) is 1.63. The second-order valence-corrected chi connectivity index (χ2v) is 4.51. The molecule has 0 amide bonds. The number of rotatable bonds is 3. The van der Waals surface area contributed by atoms with Gasteiger partial charge >= 0.3 is 5.97 Å². The van der Waals surface area contributed by atoms with Gasteiger partial charge in [-0.05, 0) is 6.07 Å². The highest BCUT2D eigenvalue weighted by atomic mass is 79.9. The Bertz CT molecular complexity index is 604. The molecular weight excluding hydrogens is 290 g/mol. The summed E-state index contributed by atoms with van der Waals surface area (Å²) in [7, 11) is 1.31. The first-order chi connectivity index (χ1) is 8.13. The van der Waals surface area contributed by atoms with Crippen LogP contribution in [0.25, 0.3) is 5.52 Å². The number of hydrogen-bond acceptors (Lipinski definition) is 4. The Kier molecular flexibility index (Phi) is 3.28. The van der Waals surface area contributed by atoms with Crippen LogP contribution in [0.4, 0.5) is 0 Å². The number of methoxy groups -OCH3 is 1. The van der Waals surface area contributed by atoms with E-state index in [-0.39, 0.29) is 12.1 Å². The van der Waals surface area contributed by atoms with Crippen LogP contribution in [-0.4, -0.2) is 32.1 Å². The van der Waals surface area contributed by atoms with Crippen molar-refractivity contribution in [2.45, 2.75) is 11.4 Å². The minimum atomic E-state index is -0.546. The van der Waals surface area contributed by atoms with Crippen molar-refractivity contribution < 1.29 is 9.53 Å². The van der Waals surface area contributed by atoms with Gasteiger partial charge in [0.2, 0.25) is 0 Å². The maximum atomic E-state index is 12.0. The zero-order valence-corrected chi connectivity index (χ0v) is 10.6. The Balaban J connectivity index is 2.33. The van der Waals surface area contributed by atoms with Crippen LogP contribution in [0.1, 0.15) is 0 Å². The van der Waals surface area contributed by atoms with Crippen LogP contribution >= 0.6 is 15.9 Å². The van der Waals surface area contributed by atoms with Crippen LogP contribution in [0, 0.1) is 0 Å². The molecule has 0 aliphatic rings. The highest BCUT2D eigenvalue weighted by Gasteiger charge is 2.16. The van der Waals surface area contributed by atoms with Crippen LogP contribution in [0.5, 0.6) is 0 Å². The number of halogens is 1. The Morgan fingerprint density at radius 3 is 3.06 bits per heavy atom. The van der Waals surface area contributed by atoms with Crippen molar-refractivity contribution >= 4 is 27.4 Å². The largest absolute Gasteiger partial charge is 0.468 e. The zero-order valence-electron chi connectivity index (χ0n) is 9.04. The van der Waals surface area contributed by atoms with E-state index in [0.29, 0.717) is 5.52 Å². The number of esters is 1. The lowest BCUT2D eigenvalue weighted by molar-refractivity contribution is -0.140. The molecule has 2 aromatic heterocycles. The first-order valence-corrected chi connectivity index (χ1v) is 5.79. The molecular formula is C10H10BrN3O3. The van der Waals surface area contributed by atoms with Crippen molar-refractivity contribution in [1.82, 2.24) is 14.2 Å². The van der Waals surface area contributed by atoms with Crippen LogP contribution in [0.2, 0.25) is 0 Å². The molecule has 0 spiro atoms. The molecule has 90 valence electrons. The zero-order chi connectivity index (χ0) is 12.4. The fraction of sp³-hybridized carbons (Fsp3) is 0.300. The van der Waals surface area contributed by atoms with E-state index in [9.17, 15) is 9.59 Å². The Morgan fingerprint density at radius 1 is 1.59 bits per heavy atom. The molecule has 0 saturated carbocycles. The van der Waals surface area contributed by atoms with E-state index in [0.717, 1.165) is 0 Å². The minimum absolute atomic E-state index is 0.196. The van der Waals surface area contributed by atoms with Crippen LogP contribution in [0.15, 0.2) is 29.5 Å². The van der Waals surface area contributed by atoms with Crippen molar-refractivity contribution in [2.75, 3.05) is 7.11 Å².